The van der Waals surface area contributed by atoms with E-state index in [0.29, 0.717) is 4.91 Å². The van der Waals surface area contributed by atoms with Gasteiger partial charge in [-0.05, 0) is 43.2 Å². The Morgan fingerprint density at radius 2 is 1.91 bits per heavy atom. The van der Waals surface area contributed by atoms with Crippen molar-refractivity contribution in [1.29, 1.82) is 0 Å². The summed E-state index contributed by atoms with van der Waals surface area (Å²) < 4.78 is 13.2. The summed E-state index contributed by atoms with van der Waals surface area (Å²) in [6.45, 7) is 3.81. The molecule has 6 heteroatoms. The number of nitrogens with zero attached hydrogens (tertiary/aromatic N) is 2. The lowest BCUT2D eigenvalue weighted by molar-refractivity contribution is -0.113. The van der Waals surface area contributed by atoms with Gasteiger partial charge in [0.2, 0.25) is 0 Å². The number of aryl methyl sites for hydroxylation is 1. The Morgan fingerprint density at radius 1 is 1.22 bits per heavy atom. The minimum Gasteiger partial charge on any atom is -0.365 e. The van der Waals surface area contributed by atoms with E-state index in [1.807, 2.05) is 30.9 Å². The number of benzene rings is 1. The molecule has 1 unspecified atom stereocenters. The van der Waals surface area contributed by atoms with Gasteiger partial charge in [0.25, 0.3) is 5.91 Å². The Balaban J connectivity index is 2.06. The average molecular weight is 329 g/mol. The van der Waals surface area contributed by atoms with Gasteiger partial charge in [-0.25, -0.2) is 9.37 Å². The van der Waals surface area contributed by atoms with Crippen LogP contribution < -0.4 is 10.6 Å². The van der Waals surface area contributed by atoms with Gasteiger partial charge in [0.1, 0.15) is 17.0 Å². The molecule has 2 N–H and O–H groups in total. The van der Waals surface area contributed by atoms with Gasteiger partial charge < -0.3 is 10.6 Å². The summed E-state index contributed by atoms with van der Waals surface area (Å²) in [4.78, 5) is 18.6. The van der Waals surface area contributed by atoms with Gasteiger partial charge in [0.05, 0.1) is 4.91 Å². The van der Waals surface area contributed by atoms with Crippen LogP contribution in [-0.4, -0.2) is 10.9 Å². The van der Waals surface area contributed by atoms with Crippen molar-refractivity contribution in [2.45, 2.75) is 19.2 Å². The summed E-state index contributed by atoms with van der Waals surface area (Å²) in [7, 11) is 0. The highest BCUT2D eigenvalue weighted by Gasteiger charge is 2.35. The number of nitrogens with two attached hydrogens (primary N) is 1. The van der Waals surface area contributed by atoms with Crippen LogP contribution in [0.3, 0.4) is 0 Å². The van der Waals surface area contributed by atoms with E-state index in [1.54, 1.807) is 18.3 Å². The van der Waals surface area contributed by atoms with Gasteiger partial charge in [-0.1, -0.05) is 30.0 Å². The number of aromatic nitrogens is 1. The number of carbonyl (C=O) groups is 1. The molecule has 0 saturated heterocycles. The fraction of sp³-hybridized carbons (Fsp3) is 0.176. The smallest absolute Gasteiger partial charge is 0.256 e. The second-order valence-corrected chi connectivity index (χ2v) is 6.45. The summed E-state index contributed by atoms with van der Waals surface area (Å²) in [5.41, 5.74) is 8.19. The van der Waals surface area contributed by atoms with Gasteiger partial charge >= 0.3 is 0 Å². The number of hydrogen-bond acceptors (Lipinski definition) is 4. The molecule has 0 fully saturated rings. The van der Waals surface area contributed by atoms with Crippen molar-refractivity contribution >= 4 is 23.5 Å². The van der Waals surface area contributed by atoms with Crippen molar-refractivity contribution < 1.29 is 9.18 Å². The third-order valence-electron chi connectivity index (χ3n) is 3.68. The highest BCUT2D eigenvalue weighted by molar-refractivity contribution is 8.04. The summed E-state index contributed by atoms with van der Waals surface area (Å²) in [6, 6.07) is 10.1. The molecule has 1 aliphatic rings. The molecule has 0 aliphatic carbocycles. The molecule has 118 valence electrons. The molecule has 3 rings (SSSR count). The predicted octanol–water partition coefficient (Wildman–Crippen LogP) is 3.50. The van der Waals surface area contributed by atoms with E-state index in [4.69, 9.17) is 5.73 Å². The topological polar surface area (TPSA) is 59.2 Å². The molecule has 2 aromatic rings. The highest BCUT2D eigenvalue weighted by atomic mass is 32.2. The van der Waals surface area contributed by atoms with Crippen LogP contribution in [0.1, 0.15) is 23.4 Å². The zero-order valence-corrected chi connectivity index (χ0v) is 13.6. The normalized spacial score (nSPS) is 17.7. The average Bonchev–Trinajstić information content (AvgIpc) is 2.87. The quantitative estimate of drug-likeness (QED) is 0.936. The standard InChI is InChI=1S/C17H16FN3OS/c1-10-3-8-14(20-9-10)21-11(2)15(16(19)22)23-17(21)12-4-6-13(18)7-5-12/h3-9,17H,1-2H3,(H2,19,22). The summed E-state index contributed by atoms with van der Waals surface area (Å²) in [5, 5.41) is -0.201. The molecule has 0 spiro atoms. The minimum absolute atomic E-state index is 0.201. The van der Waals surface area contributed by atoms with Crippen LogP contribution >= 0.6 is 11.8 Å². The lowest BCUT2D eigenvalue weighted by atomic mass is 10.2. The molecule has 0 bridgehead atoms. The zero-order valence-electron chi connectivity index (χ0n) is 12.8. The van der Waals surface area contributed by atoms with Crippen molar-refractivity contribution in [1.82, 2.24) is 4.98 Å². The van der Waals surface area contributed by atoms with E-state index in [1.165, 1.54) is 23.9 Å². The first-order valence-electron chi connectivity index (χ1n) is 7.12. The van der Waals surface area contributed by atoms with Crippen LogP contribution in [0, 0.1) is 12.7 Å². The van der Waals surface area contributed by atoms with Gasteiger partial charge in [0, 0.05) is 11.9 Å². The minimum atomic E-state index is -0.464. The van der Waals surface area contributed by atoms with Crippen molar-refractivity contribution in [2.24, 2.45) is 5.73 Å². The lowest BCUT2D eigenvalue weighted by Crippen LogP contribution is -2.22. The number of thioether (sulfide) groups is 1. The van der Waals surface area contributed by atoms with Gasteiger partial charge in [-0.2, -0.15) is 0 Å². The van der Waals surface area contributed by atoms with Crippen LogP contribution in [-0.2, 0) is 4.79 Å². The molecule has 1 amide bonds. The predicted molar refractivity (Wildman–Crippen MR) is 90.1 cm³/mol. The third kappa shape index (κ3) is 2.94. The highest BCUT2D eigenvalue weighted by Crippen LogP contribution is 2.49. The number of pyridine rings is 1. The van der Waals surface area contributed by atoms with Crippen LogP contribution in [0.2, 0.25) is 0 Å². The Kier molecular flexibility index (Phi) is 4.09. The van der Waals surface area contributed by atoms with E-state index in [-0.39, 0.29) is 11.2 Å². The van der Waals surface area contributed by atoms with E-state index >= 15 is 0 Å². The monoisotopic (exact) mass is 329 g/mol. The largest absolute Gasteiger partial charge is 0.365 e. The maximum absolute atomic E-state index is 13.2. The lowest BCUT2D eigenvalue weighted by Gasteiger charge is -2.27. The second kappa shape index (κ2) is 6.04. The summed E-state index contributed by atoms with van der Waals surface area (Å²) >= 11 is 1.36. The van der Waals surface area contributed by atoms with E-state index in [9.17, 15) is 9.18 Å². The molecular weight excluding hydrogens is 313 g/mol. The summed E-state index contributed by atoms with van der Waals surface area (Å²) in [6.07, 6.45) is 1.78. The van der Waals surface area contributed by atoms with Crippen LogP contribution in [0.4, 0.5) is 10.2 Å². The van der Waals surface area contributed by atoms with E-state index in [0.717, 1.165) is 22.6 Å². The van der Waals surface area contributed by atoms with Crippen molar-refractivity contribution in [3.05, 3.63) is 70.1 Å². The molecule has 0 saturated carbocycles. The second-order valence-electron chi connectivity index (χ2n) is 5.36. The van der Waals surface area contributed by atoms with Crippen molar-refractivity contribution in [3.8, 4) is 0 Å². The van der Waals surface area contributed by atoms with Crippen molar-refractivity contribution in [2.75, 3.05) is 4.90 Å². The number of halogens is 1. The SMILES string of the molecule is CC1=C(C(N)=O)SC(c2ccc(F)cc2)N1c1ccc(C)cn1. The third-order valence-corrected chi connectivity index (χ3v) is 5.11. The summed E-state index contributed by atoms with van der Waals surface area (Å²) in [5.74, 6) is -0.0306. The molecule has 1 aromatic heterocycles. The van der Waals surface area contributed by atoms with Gasteiger partial charge in [0.15, 0.2) is 0 Å². The Labute approximate surface area is 138 Å². The maximum Gasteiger partial charge on any atom is 0.256 e. The molecule has 2 heterocycles. The Hall–Kier alpha value is -2.34. The molecule has 1 atom stereocenters. The fourth-order valence-corrected chi connectivity index (χ4v) is 3.78. The first-order valence-corrected chi connectivity index (χ1v) is 8.00. The fourth-order valence-electron chi connectivity index (χ4n) is 2.51. The molecule has 1 aliphatic heterocycles. The first kappa shape index (κ1) is 15.6. The Bertz CT molecular complexity index is 771. The molecule has 0 radical (unpaired) electrons. The number of hydrogen-bond donors (Lipinski definition) is 1. The van der Waals surface area contributed by atoms with Gasteiger partial charge in [-0.3, -0.25) is 4.79 Å². The maximum atomic E-state index is 13.2. The molecule has 1 aromatic carbocycles. The number of primary amides is 1. The Morgan fingerprint density at radius 3 is 2.48 bits per heavy atom. The molecule has 23 heavy (non-hydrogen) atoms. The number of carbonyl (C=O) groups excluding carboxylic acids is 1. The van der Waals surface area contributed by atoms with Gasteiger partial charge in [-0.15, -0.1) is 0 Å². The number of allylic oxidation sites excluding steroid dienone is 1. The number of anilines is 1. The van der Waals surface area contributed by atoms with Crippen LogP contribution in [0.5, 0.6) is 0 Å². The zero-order chi connectivity index (χ0) is 16.6. The number of rotatable bonds is 3. The molecule has 4 nitrogen and oxygen atoms in total. The van der Waals surface area contributed by atoms with Crippen LogP contribution in [0.15, 0.2) is 53.2 Å². The molecular formula is C17H16FN3OS. The van der Waals surface area contributed by atoms with E-state index < -0.39 is 5.91 Å². The van der Waals surface area contributed by atoms with Crippen LogP contribution in [0.25, 0.3) is 0 Å². The first-order chi connectivity index (χ1) is 11.0. The van der Waals surface area contributed by atoms with Crippen molar-refractivity contribution in [3.63, 3.8) is 0 Å². The number of amides is 1. The van der Waals surface area contributed by atoms with E-state index in [2.05, 4.69) is 4.98 Å².